The Morgan fingerprint density at radius 1 is 1.29 bits per heavy atom. The molecule has 0 aliphatic heterocycles. The highest BCUT2D eigenvalue weighted by Crippen LogP contribution is 2.36. The summed E-state index contributed by atoms with van der Waals surface area (Å²) in [6.45, 7) is 5.69. The van der Waals surface area contributed by atoms with E-state index < -0.39 is 11.7 Å². The number of aliphatic hydroxyl groups is 2. The van der Waals surface area contributed by atoms with Gasteiger partial charge in [0, 0.05) is 5.56 Å². The SMILES string of the molecule is CCC(O)(CC)C(O)c1cc(C)ccc1OC. The van der Waals surface area contributed by atoms with Crippen LogP contribution >= 0.6 is 0 Å². The highest BCUT2D eigenvalue weighted by atomic mass is 16.5. The lowest BCUT2D eigenvalue weighted by Crippen LogP contribution is -2.35. The molecule has 3 nitrogen and oxygen atoms in total. The van der Waals surface area contributed by atoms with Crippen LogP contribution in [0, 0.1) is 6.92 Å². The maximum Gasteiger partial charge on any atom is 0.124 e. The highest BCUT2D eigenvalue weighted by molar-refractivity contribution is 5.39. The summed E-state index contributed by atoms with van der Waals surface area (Å²) in [7, 11) is 1.57. The minimum Gasteiger partial charge on any atom is -0.496 e. The molecule has 0 radical (unpaired) electrons. The summed E-state index contributed by atoms with van der Waals surface area (Å²) in [6.07, 6.45) is 0.0797. The summed E-state index contributed by atoms with van der Waals surface area (Å²) in [4.78, 5) is 0. The fraction of sp³-hybridized carbons (Fsp3) is 0.571. The first kappa shape index (κ1) is 14.0. The Balaban J connectivity index is 3.18. The zero-order chi connectivity index (χ0) is 13.1. The van der Waals surface area contributed by atoms with Crippen LogP contribution in [0.15, 0.2) is 18.2 Å². The fourth-order valence-electron chi connectivity index (χ4n) is 1.99. The summed E-state index contributed by atoms with van der Waals surface area (Å²) in [6, 6.07) is 5.60. The maximum atomic E-state index is 10.4. The summed E-state index contributed by atoms with van der Waals surface area (Å²) in [5.41, 5.74) is 0.592. The first-order valence-corrected chi connectivity index (χ1v) is 6.03. The lowest BCUT2D eigenvalue weighted by Gasteiger charge is -2.32. The van der Waals surface area contributed by atoms with Gasteiger partial charge in [0.15, 0.2) is 0 Å². The number of benzene rings is 1. The topological polar surface area (TPSA) is 49.7 Å². The Bertz CT molecular complexity index is 370. The third kappa shape index (κ3) is 2.79. The van der Waals surface area contributed by atoms with Crippen molar-refractivity contribution in [1.29, 1.82) is 0 Å². The number of methoxy groups -OCH3 is 1. The van der Waals surface area contributed by atoms with Crippen LogP contribution in [-0.4, -0.2) is 22.9 Å². The second kappa shape index (κ2) is 5.52. The van der Waals surface area contributed by atoms with Crippen molar-refractivity contribution in [1.82, 2.24) is 0 Å². The molecule has 0 heterocycles. The van der Waals surface area contributed by atoms with Gasteiger partial charge >= 0.3 is 0 Å². The zero-order valence-electron chi connectivity index (χ0n) is 11.0. The average Bonchev–Trinajstić information content (AvgIpc) is 2.36. The van der Waals surface area contributed by atoms with Crippen molar-refractivity contribution in [3.8, 4) is 5.75 Å². The molecule has 0 aliphatic rings. The zero-order valence-corrected chi connectivity index (χ0v) is 11.0. The minimum atomic E-state index is -1.10. The number of aryl methyl sites for hydroxylation is 1. The molecule has 0 spiro atoms. The summed E-state index contributed by atoms with van der Waals surface area (Å²) >= 11 is 0. The van der Waals surface area contributed by atoms with Gasteiger partial charge in [0.05, 0.1) is 12.7 Å². The number of ether oxygens (including phenoxy) is 1. The predicted molar refractivity (Wildman–Crippen MR) is 68.2 cm³/mol. The smallest absolute Gasteiger partial charge is 0.124 e. The molecular formula is C14H22O3. The number of hydrogen-bond acceptors (Lipinski definition) is 3. The average molecular weight is 238 g/mol. The molecule has 0 amide bonds. The van der Waals surface area contributed by atoms with Crippen molar-refractivity contribution in [2.45, 2.75) is 45.3 Å². The van der Waals surface area contributed by atoms with E-state index >= 15 is 0 Å². The molecule has 96 valence electrons. The number of aliphatic hydroxyl groups excluding tert-OH is 1. The van der Waals surface area contributed by atoms with Gasteiger partial charge in [-0.2, -0.15) is 0 Å². The van der Waals surface area contributed by atoms with Crippen LogP contribution in [0.5, 0.6) is 5.75 Å². The normalized spacial score (nSPS) is 13.5. The molecule has 0 fully saturated rings. The van der Waals surface area contributed by atoms with Crippen molar-refractivity contribution in [2.75, 3.05) is 7.11 Å². The van der Waals surface area contributed by atoms with Crippen LogP contribution in [0.1, 0.15) is 43.9 Å². The van der Waals surface area contributed by atoms with Gasteiger partial charge < -0.3 is 14.9 Å². The van der Waals surface area contributed by atoms with Gasteiger partial charge in [-0.15, -0.1) is 0 Å². The Hall–Kier alpha value is -1.06. The van der Waals surface area contributed by atoms with Crippen LogP contribution in [0.4, 0.5) is 0 Å². The molecule has 0 saturated carbocycles. The molecule has 0 saturated heterocycles. The molecule has 0 bridgehead atoms. The Labute approximate surface area is 103 Å². The van der Waals surface area contributed by atoms with Gasteiger partial charge in [-0.1, -0.05) is 25.5 Å². The molecule has 0 aromatic heterocycles. The van der Waals surface area contributed by atoms with E-state index in [2.05, 4.69) is 0 Å². The van der Waals surface area contributed by atoms with Crippen LogP contribution < -0.4 is 4.74 Å². The Kier molecular flexibility index (Phi) is 4.54. The van der Waals surface area contributed by atoms with Gasteiger partial charge in [0.25, 0.3) is 0 Å². The van der Waals surface area contributed by atoms with E-state index in [0.717, 1.165) is 5.56 Å². The van der Waals surface area contributed by atoms with Crippen LogP contribution in [0.3, 0.4) is 0 Å². The lowest BCUT2D eigenvalue weighted by atomic mass is 9.85. The minimum absolute atomic E-state index is 0.502. The van der Waals surface area contributed by atoms with E-state index in [9.17, 15) is 10.2 Å². The van der Waals surface area contributed by atoms with Crippen molar-refractivity contribution in [3.05, 3.63) is 29.3 Å². The summed E-state index contributed by atoms with van der Waals surface area (Å²) in [5.74, 6) is 0.614. The van der Waals surface area contributed by atoms with Gasteiger partial charge in [-0.25, -0.2) is 0 Å². The largest absolute Gasteiger partial charge is 0.496 e. The van der Waals surface area contributed by atoms with Crippen LogP contribution in [0.25, 0.3) is 0 Å². The van der Waals surface area contributed by atoms with Crippen molar-refractivity contribution >= 4 is 0 Å². The standard InChI is InChI=1S/C14H22O3/c1-5-14(16,6-2)13(15)11-9-10(3)7-8-12(11)17-4/h7-9,13,15-16H,5-6H2,1-4H3. The van der Waals surface area contributed by atoms with Crippen LogP contribution in [-0.2, 0) is 0 Å². The quantitative estimate of drug-likeness (QED) is 0.829. The van der Waals surface area contributed by atoms with Crippen molar-refractivity contribution in [2.24, 2.45) is 0 Å². The molecule has 1 atom stereocenters. The molecule has 1 aromatic rings. The number of hydrogen-bond donors (Lipinski definition) is 2. The van der Waals surface area contributed by atoms with Crippen molar-refractivity contribution in [3.63, 3.8) is 0 Å². The van der Waals surface area contributed by atoms with Crippen molar-refractivity contribution < 1.29 is 14.9 Å². The van der Waals surface area contributed by atoms with Gasteiger partial charge in [0.1, 0.15) is 11.9 Å². The van der Waals surface area contributed by atoms with E-state index in [-0.39, 0.29) is 0 Å². The molecule has 17 heavy (non-hydrogen) atoms. The molecule has 1 unspecified atom stereocenters. The Morgan fingerprint density at radius 2 is 1.88 bits per heavy atom. The fourth-order valence-corrected chi connectivity index (χ4v) is 1.99. The first-order chi connectivity index (χ1) is 7.98. The third-order valence-electron chi connectivity index (χ3n) is 3.41. The van der Waals surface area contributed by atoms with Gasteiger partial charge in [0.2, 0.25) is 0 Å². The number of rotatable bonds is 5. The highest BCUT2D eigenvalue weighted by Gasteiger charge is 2.34. The Morgan fingerprint density at radius 3 is 2.35 bits per heavy atom. The molecular weight excluding hydrogens is 216 g/mol. The van der Waals surface area contributed by atoms with E-state index in [1.54, 1.807) is 7.11 Å². The van der Waals surface area contributed by atoms with E-state index in [1.165, 1.54) is 0 Å². The summed E-state index contributed by atoms with van der Waals surface area (Å²) in [5, 5.41) is 20.7. The summed E-state index contributed by atoms with van der Waals surface area (Å²) < 4.78 is 5.23. The van der Waals surface area contributed by atoms with Gasteiger partial charge in [-0.05, 0) is 31.9 Å². The van der Waals surface area contributed by atoms with E-state index in [1.807, 2.05) is 39.0 Å². The maximum absolute atomic E-state index is 10.4. The second-order valence-corrected chi connectivity index (χ2v) is 4.46. The second-order valence-electron chi connectivity index (χ2n) is 4.46. The van der Waals surface area contributed by atoms with E-state index in [4.69, 9.17) is 4.74 Å². The first-order valence-electron chi connectivity index (χ1n) is 6.03. The van der Waals surface area contributed by atoms with Crippen LogP contribution in [0.2, 0.25) is 0 Å². The molecule has 2 N–H and O–H groups in total. The monoisotopic (exact) mass is 238 g/mol. The predicted octanol–water partition coefficient (Wildman–Crippen LogP) is 2.59. The van der Waals surface area contributed by atoms with E-state index in [0.29, 0.717) is 24.2 Å². The molecule has 3 heteroatoms. The third-order valence-corrected chi connectivity index (χ3v) is 3.41. The molecule has 0 aliphatic carbocycles. The lowest BCUT2D eigenvalue weighted by molar-refractivity contribution is -0.0828. The van der Waals surface area contributed by atoms with Gasteiger partial charge in [-0.3, -0.25) is 0 Å². The molecule has 1 aromatic carbocycles. The molecule has 1 rings (SSSR count).